The molecule has 122 valence electrons. The largest absolute Gasteiger partial charge is 0.361 e. The van der Waals surface area contributed by atoms with Gasteiger partial charge >= 0.3 is 0 Å². The summed E-state index contributed by atoms with van der Waals surface area (Å²) < 4.78 is 40.6. The van der Waals surface area contributed by atoms with Gasteiger partial charge in [0, 0.05) is 23.6 Å². The predicted molar refractivity (Wildman–Crippen MR) is 85.2 cm³/mol. The van der Waals surface area contributed by atoms with Crippen molar-refractivity contribution in [3.05, 3.63) is 47.2 Å². The molecule has 0 aliphatic rings. The number of aromatic nitrogens is 3. The first kappa shape index (κ1) is 15.7. The molecule has 0 aliphatic carbocycles. The summed E-state index contributed by atoms with van der Waals surface area (Å²) in [5, 5.41) is 7.33. The van der Waals surface area contributed by atoms with Crippen molar-refractivity contribution in [3.63, 3.8) is 0 Å². The second kappa shape index (κ2) is 5.78. The number of hydrogen-bond acceptors (Lipinski definition) is 3. The molecule has 0 saturated carbocycles. The molecule has 3 rings (SSSR count). The number of benzene rings is 1. The van der Waals surface area contributed by atoms with Crippen LogP contribution in [-0.4, -0.2) is 30.1 Å². The van der Waals surface area contributed by atoms with Gasteiger partial charge in [-0.05, 0) is 44.0 Å². The zero-order chi connectivity index (χ0) is 16.6. The van der Waals surface area contributed by atoms with E-state index >= 15 is 0 Å². The Hall–Kier alpha value is -2.19. The summed E-state index contributed by atoms with van der Waals surface area (Å²) >= 11 is 0. The first-order valence-electron chi connectivity index (χ1n) is 7.15. The van der Waals surface area contributed by atoms with Gasteiger partial charge in [-0.25, -0.2) is 17.5 Å². The molecule has 3 N–H and O–H groups in total. The fourth-order valence-electron chi connectivity index (χ4n) is 2.69. The van der Waals surface area contributed by atoms with Crippen molar-refractivity contribution in [1.29, 1.82) is 0 Å². The highest BCUT2D eigenvalue weighted by molar-refractivity contribution is 7.89. The molecule has 0 saturated heterocycles. The molecule has 6 nitrogen and oxygen atoms in total. The number of fused-ring (bicyclic) bond motifs is 1. The molecule has 0 amide bonds. The molecule has 0 fully saturated rings. The topological polar surface area (TPSA) is 90.6 Å². The number of nitrogens with one attached hydrogen (secondary N) is 3. The summed E-state index contributed by atoms with van der Waals surface area (Å²) in [5.41, 5.74) is 2.63. The first-order chi connectivity index (χ1) is 10.9. The zero-order valence-corrected chi connectivity index (χ0v) is 13.6. The third kappa shape index (κ3) is 2.99. The van der Waals surface area contributed by atoms with Gasteiger partial charge in [0.25, 0.3) is 0 Å². The van der Waals surface area contributed by atoms with Crippen molar-refractivity contribution in [2.24, 2.45) is 0 Å². The van der Waals surface area contributed by atoms with Gasteiger partial charge in [0.1, 0.15) is 10.7 Å². The van der Waals surface area contributed by atoms with E-state index in [1.54, 1.807) is 26.1 Å². The van der Waals surface area contributed by atoms with E-state index in [1.807, 2.05) is 0 Å². The molecule has 0 radical (unpaired) electrons. The third-order valence-corrected chi connectivity index (χ3v) is 5.47. The average Bonchev–Trinajstić information content (AvgIpc) is 3.03. The quantitative estimate of drug-likeness (QED) is 0.667. The minimum Gasteiger partial charge on any atom is -0.361 e. The van der Waals surface area contributed by atoms with Crippen LogP contribution in [0.4, 0.5) is 4.39 Å². The van der Waals surface area contributed by atoms with Crippen LogP contribution in [-0.2, 0) is 16.4 Å². The Morgan fingerprint density at radius 2 is 2.09 bits per heavy atom. The highest BCUT2D eigenvalue weighted by atomic mass is 32.2. The Morgan fingerprint density at radius 1 is 1.30 bits per heavy atom. The lowest BCUT2D eigenvalue weighted by Crippen LogP contribution is -2.26. The number of aromatic amines is 2. The smallest absolute Gasteiger partial charge is 0.244 e. The van der Waals surface area contributed by atoms with Gasteiger partial charge in [0.05, 0.1) is 11.4 Å². The van der Waals surface area contributed by atoms with Crippen LogP contribution in [0, 0.1) is 19.7 Å². The normalized spacial score (nSPS) is 12.1. The fraction of sp³-hybridized carbons (Fsp3) is 0.267. The number of rotatable bonds is 5. The molecule has 3 aromatic rings. The summed E-state index contributed by atoms with van der Waals surface area (Å²) in [6.07, 6.45) is 2.23. The van der Waals surface area contributed by atoms with Crippen molar-refractivity contribution in [2.45, 2.75) is 25.2 Å². The van der Waals surface area contributed by atoms with Crippen LogP contribution in [0.2, 0.25) is 0 Å². The predicted octanol–water partition coefficient (Wildman–Crippen LogP) is 2.17. The van der Waals surface area contributed by atoms with Crippen molar-refractivity contribution < 1.29 is 12.8 Å². The molecule has 2 heterocycles. The molecule has 8 heteroatoms. The number of hydrogen-bond donors (Lipinski definition) is 3. The lowest BCUT2D eigenvalue weighted by molar-refractivity contribution is 0.580. The Balaban J connectivity index is 1.75. The Morgan fingerprint density at radius 3 is 2.78 bits per heavy atom. The second-order valence-electron chi connectivity index (χ2n) is 5.41. The van der Waals surface area contributed by atoms with E-state index < -0.39 is 10.0 Å². The average molecular weight is 336 g/mol. The zero-order valence-electron chi connectivity index (χ0n) is 12.8. The molecular weight excluding hydrogens is 319 g/mol. The lowest BCUT2D eigenvalue weighted by Gasteiger charge is -2.06. The minimum absolute atomic E-state index is 0.183. The van der Waals surface area contributed by atoms with Gasteiger partial charge in [0.2, 0.25) is 10.0 Å². The lowest BCUT2D eigenvalue weighted by atomic mass is 10.1. The monoisotopic (exact) mass is 336 g/mol. The molecule has 0 spiro atoms. The van der Waals surface area contributed by atoms with E-state index in [2.05, 4.69) is 19.9 Å². The minimum atomic E-state index is -3.62. The molecular formula is C15H17FN4O2S. The van der Waals surface area contributed by atoms with E-state index in [0.29, 0.717) is 17.8 Å². The van der Waals surface area contributed by atoms with Gasteiger partial charge in [-0.1, -0.05) is 0 Å². The number of nitrogens with zero attached hydrogens (tertiary/aromatic N) is 1. The van der Waals surface area contributed by atoms with E-state index in [0.717, 1.165) is 16.5 Å². The Kier molecular flexibility index (Phi) is 3.95. The molecule has 1 aromatic carbocycles. The van der Waals surface area contributed by atoms with E-state index in [9.17, 15) is 12.8 Å². The molecule has 0 unspecified atom stereocenters. The standard InChI is InChI=1S/C15H17FN4O2S/c1-9-15(10(2)20-19-9)23(21,22)18-6-5-11-8-17-14-4-3-12(16)7-13(11)14/h3-4,7-8,17-18H,5-6H2,1-2H3,(H,19,20). The summed E-state index contributed by atoms with van der Waals surface area (Å²) in [5.74, 6) is -0.316. The Bertz CT molecular complexity index is 940. The molecule has 2 aromatic heterocycles. The fourth-order valence-corrected chi connectivity index (χ4v) is 4.08. The number of halogens is 1. The van der Waals surface area contributed by atoms with E-state index in [4.69, 9.17) is 0 Å². The first-order valence-corrected chi connectivity index (χ1v) is 8.63. The molecule has 0 aliphatic heterocycles. The summed E-state index contributed by atoms with van der Waals surface area (Å²) in [7, 11) is -3.62. The van der Waals surface area contributed by atoms with Crippen molar-refractivity contribution >= 4 is 20.9 Å². The van der Waals surface area contributed by atoms with Crippen LogP contribution in [0.15, 0.2) is 29.3 Å². The van der Waals surface area contributed by atoms with Crippen molar-refractivity contribution in [1.82, 2.24) is 19.9 Å². The van der Waals surface area contributed by atoms with Crippen LogP contribution >= 0.6 is 0 Å². The highest BCUT2D eigenvalue weighted by Crippen LogP contribution is 2.20. The van der Waals surface area contributed by atoms with Crippen LogP contribution in [0.5, 0.6) is 0 Å². The van der Waals surface area contributed by atoms with Gasteiger partial charge in [-0.3, -0.25) is 5.10 Å². The highest BCUT2D eigenvalue weighted by Gasteiger charge is 2.21. The second-order valence-corrected chi connectivity index (χ2v) is 7.12. The van der Waals surface area contributed by atoms with Gasteiger partial charge in [-0.15, -0.1) is 0 Å². The maximum absolute atomic E-state index is 13.3. The summed E-state index contributed by atoms with van der Waals surface area (Å²) in [6, 6.07) is 4.49. The number of aryl methyl sites for hydroxylation is 2. The van der Waals surface area contributed by atoms with Crippen molar-refractivity contribution in [3.8, 4) is 0 Å². The maximum atomic E-state index is 13.3. The van der Waals surface area contributed by atoms with Crippen LogP contribution in [0.3, 0.4) is 0 Å². The SMILES string of the molecule is Cc1n[nH]c(C)c1S(=O)(=O)NCCc1c[nH]c2ccc(F)cc12. The summed E-state index contributed by atoms with van der Waals surface area (Å²) in [4.78, 5) is 3.23. The van der Waals surface area contributed by atoms with E-state index in [-0.39, 0.29) is 17.3 Å². The van der Waals surface area contributed by atoms with Gasteiger partial charge in [0.15, 0.2) is 0 Å². The molecule has 0 atom stereocenters. The van der Waals surface area contributed by atoms with Crippen molar-refractivity contribution in [2.75, 3.05) is 6.54 Å². The van der Waals surface area contributed by atoms with Gasteiger partial charge in [-0.2, -0.15) is 5.10 Å². The number of H-pyrrole nitrogens is 2. The number of sulfonamides is 1. The molecule has 23 heavy (non-hydrogen) atoms. The van der Waals surface area contributed by atoms with Crippen LogP contribution in [0.25, 0.3) is 10.9 Å². The Labute approximate surface area is 133 Å². The van der Waals surface area contributed by atoms with E-state index in [1.165, 1.54) is 12.1 Å². The summed E-state index contributed by atoms with van der Waals surface area (Å²) in [6.45, 7) is 3.52. The maximum Gasteiger partial charge on any atom is 0.244 e. The molecule has 0 bridgehead atoms. The van der Waals surface area contributed by atoms with Gasteiger partial charge < -0.3 is 4.98 Å². The third-order valence-electron chi connectivity index (χ3n) is 3.75. The van der Waals surface area contributed by atoms with Crippen LogP contribution < -0.4 is 4.72 Å². The van der Waals surface area contributed by atoms with Crippen LogP contribution in [0.1, 0.15) is 17.0 Å².